The Kier molecular flexibility index (Phi) is 8.14. The highest BCUT2D eigenvalue weighted by Crippen LogP contribution is 2.28. The van der Waals surface area contributed by atoms with Crippen LogP contribution in [-0.2, 0) is 9.53 Å². The lowest BCUT2D eigenvalue weighted by Gasteiger charge is -2.15. The minimum absolute atomic E-state index is 0.336. The summed E-state index contributed by atoms with van der Waals surface area (Å²) < 4.78 is 16.0. The quantitative estimate of drug-likeness (QED) is 0.483. The summed E-state index contributed by atoms with van der Waals surface area (Å²) in [7, 11) is 1.48. The molecule has 6 nitrogen and oxygen atoms in total. The summed E-state index contributed by atoms with van der Waals surface area (Å²) in [4.78, 5) is 24.6. The lowest BCUT2D eigenvalue weighted by molar-refractivity contribution is -0.123. The molecule has 0 aromatic heterocycles. The van der Waals surface area contributed by atoms with Crippen molar-refractivity contribution >= 4 is 29.2 Å². The maximum atomic E-state index is 12.4. The van der Waals surface area contributed by atoms with Gasteiger partial charge in [-0.25, -0.2) is 4.79 Å². The fourth-order valence-electron chi connectivity index (χ4n) is 2.32. The number of carbonyl (C=O) groups excluding carboxylic acids is 2. The molecule has 1 atom stereocenters. The van der Waals surface area contributed by atoms with Crippen molar-refractivity contribution in [3.8, 4) is 11.5 Å². The predicted molar refractivity (Wildman–Crippen MR) is 108 cm³/mol. The molecule has 0 fully saturated rings. The second-order valence-corrected chi connectivity index (χ2v) is 6.54. The van der Waals surface area contributed by atoms with Crippen molar-refractivity contribution in [3.63, 3.8) is 0 Å². The van der Waals surface area contributed by atoms with Gasteiger partial charge in [0.2, 0.25) is 0 Å². The maximum Gasteiger partial charge on any atom is 0.338 e. The van der Waals surface area contributed by atoms with Gasteiger partial charge in [-0.2, -0.15) is 0 Å². The van der Waals surface area contributed by atoms with E-state index >= 15 is 0 Å². The summed E-state index contributed by atoms with van der Waals surface area (Å²) in [5, 5.41) is 3.10. The molecule has 0 saturated carbocycles. The Bertz CT molecular complexity index is 807. The molecule has 150 valence electrons. The highest BCUT2D eigenvalue weighted by Gasteiger charge is 2.20. The first-order chi connectivity index (χ1) is 13.4. The third-order valence-electron chi connectivity index (χ3n) is 3.93. The molecule has 7 heteroatoms. The number of unbranched alkanes of at least 4 members (excludes halogenated alkanes) is 1. The Morgan fingerprint density at radius 3 is 2.50 bits per heavy atom. The zero-order chi connectivity index (χ0) is 20.5. The van der Waals surface area contributed by atoms with E-state index in [0.29, 0.717) is 34.4 Å². The maximum absolute atomic E-state index is 12.4. The lowest BCUT2D eigenvalue weighted by atomic mass is 10.2. The van der Waals surface area contributed by atoms with Crippen LogP contribution in [0.25, 0.3) is 0 Å². The summed E-state index contributed by atoms with van der Waals surface area (Å²) in [5.74, 6) is 0.0491. The second-order valence-electron chi connectivity index (χ2n) is 6.11. The molecule has 1 N–H and O–H groups in total. The second kappa shape index (κ2) is 10.6. The van der Waals surface area contributed by atoms with E-state index in [4.69, 9.17) is 25.8 Å². The van der Waals surface area contributed by atoms with Crippen molar-refractivity contribution in [2.45, 2.75) is 32.8 Å². The van der Waals surface area contributed by atoms with Crippen LogP contribution >= 0.6 is 11.6 Å². The molecule has 28 heavy (non-hydrogen) atoms. The number of hydrogen-bond acceptors (Lipinski definition) is 5. The monoisotopic (exact) mass is 405 g/mol. The van der Waals surface area contributed by atoms with Gasteiger partial charge in [0.1, 0.15) is 11.5 Å². The molecule has 0 aliphatic carbocycles. The molecule has 0 bridgehead atoms. The highest BCUT2D eigenvalue weighted by molar-refractivity contribution is 6.31. The van der Waals surface area contributed by atoms with Crippen LogP contribution in [0.2, 0.25) is 5.02 Å². The Morgan fingerprint density at radius 1 is 1.14 bits per heavy atom. The fourth-order valence-corrected chi connectivity index (χ4v) is 2.49. The largest absolute Gasteiger partial charge is 0.495 e. The van der Waals surface area contributed by atoms with Crippen molar-refractivity contribution < 1.29 is 23.8 Å². The van der Waals surface area contributed by atoms with Gasteiger partial charge in [-0.1, -0.05) is 24.9 Å². The number of anilines is 1. The van der Waals surface area contributed by atoms with Gasteiger partial charge in [0, 0.05) is 5.02 Å². The van der Waals surface area contributed by atoms with Crippen LogP contribution in [0, 0.1) is 0 Å². The van der Waals surface area contributed by atoms with E-state index in [-0.39, 0.29) is 0 Å². The molecular formula is C21H24ClNO5. The minimum atomic E-state index is -1.00. The molecule has 0 radical (unpaired) electrons. The topological polar surface area (TPSA) is 73.9 Å². The minimum Gasteiger partial charge on any atom is -0.495 e. The normalized spacial score (nSPS) is 11.4. The van der Waals surface area contributed by atoms with Gasteiger partial charge in [0.25, 0.3) is 5.91 Å². The van der Waals surface area contributed by atoms with E-state index in [1.807, 2.05) is 0 Å². The summed E-state index contributed by atoms with van der Waals surface area (Å²) in [6, 6.07) is 11.5. The predicted octanol–water partition coefficient (Wildman–Crippen LogP) is 4.71. The lowest BCUT2D eigenvalue weighted by Crippen LogP contribution is -2.30. The third-order valence-corrected chi connectivity index (χ3v) is 4.16. The van der Waals surface area contributed by atoms with Gasteiger partial charge in [-0.15, -0.1) is 0 Å². The zero-order valence-electron chi connectivity index (χ0n) is 16.2. The Morgan fingerprint density at radius 2 is 1.86 bits per heavy atom. The number of amides is 1. The number of rotatable bonds is 9. The van der Waals surface area contributed by atoms with Crippen molar-refractivity contribution in [3.05, 3.63) is 53.1 Å². The number of benzene rings is 2. The summed E-state index contributed by atoms with van der Waals surface area (Å²) in [6.07, 6.45) is 1.01. The summed E-state index contributed by atoms with van der Waals surface area (Å²) >= 11 is 5.95. The Hall–Kier alpha value is -2.73. The standard InChI is InChI=1S/C21H24ClNO5/c1-4-5-12-27-17-9-6-15(7-10-17)21(25)28-14(2)20(24)23-18-13-16(22)8-11-19(18)26-3/h6-11,13-14H,4-5,12H2,1-3H3,(H,23,24)/t14-/m1/s1. The Balaban J connectivity index is 1.94. The number of ether oxygens (including phenoxy) is 3. The number of halogens is 1. The van der Waals surface area contributed by atoms with E-state index in [1.54, 1.807) is 42.5 Å². The van der Waals surface area contributed by atoms with Gasteiger partial charge in [0.15, 0.2) is 6.10 Å². The van der Waals surface area contributed by atoms with Crippen molar-refractivity contribution in [1.29, 1.82) is 0 Å². The Labute approximate surface area is 169 Å². The smallest absolute Gasteiger partial charge is 0.338 e. The van der Waals surface area contributed by atoms with Gasteiger partial charge in [0.05, 0.1) is 25.0 Å². The van der Waals surface area contributed by atoms with Crippen LogP contribution in [0.1, 0.15) is 37.0 Å². The summed E-state index contributed by atoms with van der Waals surface area (Å²) in [5.41, 5.74) is 0.735. The molecule has 2 aromatic rings. The molecule has 0 aliphatic rings. The average Bonchev–Trinajstić information content (AvgIpc) is 2.68. The number of methoxy groups -OCH3 is 1. The third kappa shape index (κ3) is 6.16. The molecule has 0 unspecified atom stereocenters. The summed E-state index contributed by atoms with van der Waals surface area (Å²) in [6.45, 7) is 4.21. The fraction of sp³-hybridized carbons (Fsp3) is 0.333. The van der Waals surface area contributed by atoms with E-state index in [1.165, 1.54) is 14.0 Å². The first-order valence-corrected chi connectivity index (χ1v) is 9.40. The molecular weight excluding hydrogens is 382 g/mol. The van der Waals surface area contributed by atoms with Gasteiger partial charge < -0.3 is 19.5 Å². The SMILES string of the molecule is CCCCOc1ccc(C(=O)O[C@H](C)C(=O)Nc2cc(Cl)ccc2OC)cc1. The van der Waals surface area contributed by atoms with E-state index in [0.717, 1.165) is 12.8 Å². The van der Waals surface area contributed by atoms with Gasteiger partial charge >= 0.3 is 5.97 Å². The van der Waals surface area contributed by atoms with E-state index in [2.05, 4.69) is 12.2 Å². The molecule has 0 aliphatic heterocycles. The molecule has 2 aromatic carbocycles. The molecule has 0 heterocycles. The van der Waals surface area contributed by atoms with Crippen LogP contribution in [0.3, 0.4) is 0 Å². The van der Waals surface area contributed by atoms with Crippen LogP contribution < -0.4 is 14.8 Å². The van der Waals surface area contributed by atoms with Crippen LogP contribution in [0.15, 0.2) is 42.5 Å². The van der Waals surface area contributed by atoms with Gasteiger partial charge in [-0.05, 0) is 55.8 Å². The van der Waals surface area contributed by atoms with Crippen molar-refractivity contribution in [2.75, 3.05) is 19.0 Å². The van der Waals surface area contributed by atoms with Crippen LogP contribution in [-0.4, -0.2) is 31.7 Å². The molecule has 0 saturated heterocycles. The molecule has 1 amide bonds. The number of esters is 1. The van der Waals surface area contributed by atoms with Crippen molar-refractivity contribution in [1.82, 2.24) is 0 Å². The first kappa shape index (κ1) is 21.6. The average molecular weight is 406 g/mol. The molecule has 2 rings (SSSR count). The number of nitrogens with one attached hydrogen (secondary N) is 1. The van der Waals surface area contributed by atoms with Crippen molar-refractivity contribution in [2.24, 2.45) is 0 Å². The van der Waals surface area contributed by atoms with Crippen LogP contribution in [0.5, 0.6) is 11.5 Å². The van der Waals surface area contributed by atoms with E-state index in [9.17, 15) is 9.59 Å². The first-order valence-electron chi connectivity index (χ1n) is 9.02. The van der Waals surface area contributed by atoms with E-state index < -0.39 is 18.0 Å². The zero-order valence-corrected chi connectivity index (χ0v) is 16.9. The highest BCUT2D eigenvalue weighted by atomic mass is 35.5. The molecule has 0 spiro atoms. The van der Waals surface area contributed by atoms with Crippen LogP contribution in [0.4, 0.5) is 5.69 Å². The number of hydrogen-bond donors (Lipinski definition) is 1. The van der Waals surface area contributed by atoms with Gasteiger partial charge in [-0.3, -0.25) is 4.79 Å². The number of carbonyl (C=O) groups is 2.